The fourth-order valence-corrected chi connectivity index (χ4v) is 3.22. The maximum Gasteiger partial charge on any atom is 0.276 e. The Bertz CT molecular complexity index is 1140. The monoisotopic (exact) mass is 400 g/mol. The second-order valence-electron chi connectivity index (χ2n) is 6.18. The van der Waals surface area contributed by atoms with Crippen molar-refractivity contribution in [3.8, 4) is 23.0 Å². The highest BCUT2D eigenvalue weighted by molar-refractivity contribution is 5.88. The maximum atomic E-state index is 12.2. The fourth-order valence-electron chi connectivity index (χ4n) is 3.22. The summed E-state index contributed by atoms with van der Waals surface area (Å²) in [5, 5.41) is 12.9. The number of rotatable bonds is 7. The molecule has 1 aromatic heterocycles. The van der Waals surface area contributed by atoms with E-state index in [-0.39, 0.29) is 23.4 Å². The highest BCUT2D eigenvalue weighted by Crippen LogP contribution is 2.37. The SMILES string of the molecule is COc1cc(Cc2[nH]c(=O)cc3cc(OC)c(OC)cc23)c([N+](=O)[O-])cc1OC. The lowest BCUT2D eigenvalue weighted by atomic mass is 10.0. The molecule has 0 aliphatic rings. The van der Waals surface area contributed by atoms with Gasteiger partial charge in [-0.2, -0.15) is 0 Å². The van der Waals surface area contributed by atoms with Crippen LogP contribution in [0, 0.1) is 10.1 Å². The number of nitrogens with one attached hydrogen (secondary N) is 1. The number of aromatic nitrogens is 1. The molecule has 9 heteroatoms. The number of H-pyrrole nitrogens is 1. The number of methoxy groups -OCH3 is 4. The normalized spacial score (nSPS) is 10.6. The number of benzene rings is 2. The first-order chi connectivity index (χ1) is 13.9. The first-order valence-corrected chi connectivity index (χ1v) is 8.59. The van der Waals surface area contributed by atoms with E-state index in [0.717, 1.165) is 0 Å². The molecular weight excluding hydrogens is 380 g/mol. The molecule has 1 N–H and O–H groups in total. The quantitative estimate of drug-likeness (QED) is 0.479. The molecule has 0 aliphatic heterocycles. The summed E-state index contributed by atoms with van der Waals surface area (Å²) in [6.45, 7) is 0. The lowest BCUT2D eigenvalue weighted by molar-refractivity contribution is -0.385. The smallest absolute Gasteiger partial charge is 0.276 e. The molecule has 0 aliphatic carbocycles. The van der Waals surface area contributed by atoms with Crippen LogP contribution in [0.5, 0.6) is 23.0 Å². The number of nitro groups is 1. The summed E-state index contributed by atoms with van der Waals surface area (Å²) in [7, 11) is 5.87. The third-order valence-electron chi connectivity index (χ3n) is 4.59. The number of ether oxygens (including phenoxy) is 4. The Kier molecular flexibility index (Phi) is 5.58. The summed E-state index contributed by atoms with van der Waals surface area (Å²) < 4.78 is 21.1. The molecule has 29 heavy (non-hydrogen) atoms. The molecular formula is C20H20N2O7. The Balaban J connectivity index is 2.22. The first kappa shape index (κ1) is 20.0. The van der Waals surface area contributed by atoms with Crippen LogP contribution in [-0.4, -0.2) is 38.3 Å². The Hall–Kier alpha value is -3.75. The molecule has 3 rings (SSSR count). The van der Waals surface area contributed by atoms with Crippen LogP contribution >= 0.6 is 0 Å². The molecule has 0 bridgehead atoms. The summed E-state index contributed by atoms with van der Waals surface area (Å²) in [5.74, 6) is 1.57. The van der Waals surface area contributed by atoms with Crippen molar-refractivity contribution in [3.63, 3.8) is 0 Å². The maximum absolute atomic E-state index is 12.2. The van der Waals surface area contributed by atoms with Crippen LogP contribution < -0.4 is 24.5 Å². The molecule has 0 spiro atoms. The number of pyridine rings is 1. The van der Waals surface area contributed by atoms with Crippen LogP contribution in [0.4, 0.5) is 5.69 Å². The molecule has 0 saturated heterocycles. The van der Waals surface area contributed by atoms with Crippen molar-refractivity contribution in [1.29, 1.82) is 0 Å². The van der Waals surface area contributed by atoms with Gasteiger partial charge in [-0.3, -0.25) is 14.9 Å². The molecule has 0 saturated carbocycles. The van der Waals surface area contributed by atoms with Crippen molar-refractivity contribution in [3.05, 3.63) is 62.1 Å². The Morgan fingerprint density at radius 3 is 2.00 bits per heavy atom. The second-order valence-corrected chi connectivity index (χ2v) is 6.18. The van der Waals surface area contributed by atoms with Gasteiger partial charge in [0.25, 0.3) is 5.69 Å². The number of hydrogen-bond acceptors (Lipinski definition) is 7. The van der Waals surface area contributed by atoms with Crippen molar-refractivity contribution in [2.24, 2.45) is 0 Å². The van der Waals surface area contributed by atoms with Crippen molar-refractivity contribution >= 4 is 16.5 Å². The number of hydrogen-bond donors (Lipinski definition) is 1. The Labute approximate surface area is 165 Å². The van der Waals surface area contributed by atoms with Crippen LogP contribution in [0.3, 0.4) is 0 Å². The predicted molar refractivity (Wildman–Crippen MR) is 107 cm³/mol. The van der Waals surface area contributed by atoms with E-state index in [2.05, 4.69) is 4.98 Å². The van der Waals surface area contributed by atoms with Gasteiger partial charge in [0.2, 0.25) is 5.56 Å². The molecule has 0 fully saturated rings. The minimum atomic E-state index is -0.496. The van der Waals surface area contributed by atoms with E-state index in [1.807, 2.05) is 0 Å². The molecule has 0 amide bonds. The first-order valence-electron chi connectivity index (χ1n) is 8.59. The van der Waals surface area contributed by atoms with Crippen molar-refractivity contribution in [2.45, 2.75) is 6.42 Å². The van der Waals surface area contributed by atoms with Crippen LogP contribution in [0.25, 0.3) is 10.8 Å². The molecule has 0 atom stereocenters. The average molecular weight is 400 g/mol. The minimum Gasteiger partial charge on any atom is -0.493 e. The third-order valence-corrected chi connectivity index (χ3v) is 4.59. The van der Waals surface area contributed by atoms with Gasteiger partial charge in [0.1, 0.15) is 0 Å². The van der Waals surface area contributed by atoms with Crippen molar-refractivity contribution in [2.75, 3.05) is 28.4 Å². The van der Waals surface area contributed by atoms with E-state index < -0.39 is 4.92 Å². The molecule has 2 aromatic carbocycles. The van der Waals surface area contributed by atoms with Crippen LogP contribution in [0.2, 0.25) is 0 Å². The summed E-state index contributed by atoms with van der Waals surface area (Å²) in [5.41, 5.74) is 0.401. The Morgan fingerprint density at radius 1 is 0.862 bits per heavy atom. The van der Waals surface area contributed by atoms with Gasteiger partial charge < -0.3 is 23.9 Å². The van der Waals surface area contributed by atoms with E-state index in [1.165, 1.54) is 46.6 Å². The van der Waals surface area contributed by atoms with Gasteiger partial charge in [-0.25, -0.2) is 0 Å². The standard InChI is InChI=1S/C20H20N2O7/c1-26-16-6-11-8-20(23)21-14(13(11)9-18(16)28-3)5-12-7-17(27-2)19(29-4)10-15(12)22(24)25/h6-10H,5H2,1-4H3,(H,21,23). The predicted octanol–water partition coefficient (Wildman–Crippen LogP) is 3.06. The van der Waals surface area contributed by atoms with Crippen LogP contribution in [0.15, 0.2) is 35.1 Å². The number of nitro benzene ring substituents is 1. The minimum absolute atomic E-state index is 0.0960. The molecule has 3 aromatic rings. The molecule has 152 valence electrons. The molecule has 9 nitrogen and oxygen atoms in total. The summed E-state index contributed by atoms with van der Waals surface area (Å²) in [6.07, 6.45) is 0.0960. The van der Waals surface area contributed by atoms with Gasteiger partial charge in [-0.1, -0.05) is 0 Å². The highest BCUT2D eigenvalue weighted by Gasteiger charge is 2.21. The lowest BCUT2D eigenvalue weighted by Gasteiger charge is -2.13. The molecule has 1 heterocycles. The zero-order valence-electron chi connectivity index (χ0n) is 16.4. The largest absolute Gasteiger partial charge is 0.493 e. The van der Waals surface area contributed by atoms with Gasteiger partial charge in [0.05, 0.1) is 39.4 Å². The van der Waals surface area contributed by atoms with E-state index >= 15 is 0 Å². The van der Waals surface area contributed by atoms with E-state index in [9.17, 15) is 14.9 Å². The molecule has 0 unspecified atom stereocenters. The fraction of sp³-hybridized carbons (Fsp3) is 0.250. The van der Waals surface area contributed by atoms with Crippen LogP contribution in [-0.2, 0) is 6.42 Å². The van der Waals surface area contributed by atoms with Crippen molar-refractivity contribution < 1.29 is 23.9 Å². The van der Waals surface area contributed by atoms with Gasteiger partial charge in [0.15, 0.2) is 23.0 Å². The van der Waals surface area contributed by atoms with E-state index in [1.54, 1.807) is 12.1 Å². The zero-order chi connectivity index (χ0) is 21.1. The van der Waals surface area contributed by atoms with Gasteiger partial charge in [-0.15, -0.1) is 0 Å². The summed E-state index contributed by atoms with van der Waals surface area (Å²) in [6, 6.07) is 7.70. The van der Waals surface area contributed by atoms with Gasteiger partial charge in [-0.05, 0) is 23.6 Å². The Morgan fingerprint density at radius 2 is 1.41 bits per heavy atom. The highest BCUT2D eigenvalue weighted by atomic mass is 16.6. The van der Waals surface area contributed by atoms with E-state index in [4.69, 9.17) is 18.9 Å². The van der Waals surface area contributed by atoms with Crippen LogP contribution in [0.1, 0.15) is 11.3 Å². The van der Waals surface area contributed by atoms with Gasteiger partial charge in [0, 0.05) is 29.1 Å². The topological polar surface area (TPSA) is 113 Å². The summed E-state index contributed by atoms with van der Waals surface area (Å²) in [4.78, 5) is 26.1. The van der Waals surface area contributed by atoms with Gasteiger partial charge >= 0.3 is 0 Å². The number of aromatic amines is 1. The van der Waals surface area contributed by atoms with E-state index in [0.29, 0.717) is 39.3 Å². The third kappa shape index (κ3) is 3.79. The van der Waals surface area contributed by atoms with Crippen molar-refractivity contribution in [1.82, 2.24) is 4.98 Å². The summed E-state index contributed by atoms with van der Waals surface area (Å²) >= 11 is 0. The lowest BCUT2D eigenvalue weighted by Crippen LogP contribution is -2.10. The molecule has 0 radical (unpaired) electrons. The number of fused-ring (bicyclic) bond motifs is 1. The number of nitrogens with zero attached hydrogens (tertiary/aromatic N) is 1. The zero-order valence-corrected chi connectivity index (χ0v) is 16.4. The average Bonchev–Trinajstić information content (AvgIpc) is 2.71. The second kappa shape index (κ2) is 8.09.